The van der Waals surface area contributed by atoms with Crippen LogP contribution in [-0.4, -0.2) is 16.6 Å². The smallest absolute Gasteiger partial charge is 0.160 e. The molecule has 1 aliphatic carbocycles. The standard InChI is InChI=1S/C15H25N3O/c1-11(2)15-17-9-14(13(8-16)18-15)19-10-12-6-4-3-5-7-12/h9,11-12H,3-8,10,16H2,1-2H3. The highest BCUT2D eigenvalue weighted by atomic mass is 16.5. The van der Waals surface area contributed by atoms with E-state index < -0.39 is 0 Å². The number of aromatic nitrogens is 2. The van der Waals surface area contributed by atoms with Gasteiger partial charge < -0.3 is 10.5 Å². The van der Waals surface area contributed by atoms with Gasteiger partial charge in [0.05, 0.1) is 18.5 Å². The molecular formula is C15H25N3O. The van der Waals surface area contributed by atoms with Crippen LogP contribution in [0.4, 0.5) is 0 Å². The maximum atomic E-state index is 5.90. The zero-order valence-corrected chi connectivity index (χ0v) is 12.1. The Bertz CT molecular complexity index is 400. The van der Waals surface area contributed by atoms with E-state index in [1.807, 2.05) is 0 Å². The molecule has 19 heavy (non-hydrogen) atoms. The van der Waals surface area contributed by atoms with Gasteiger partial charge in [0.25, 0.3) is 0 Å². The zero-order valence-electron chi connectivity index (χ0n) is 12.1. The number of nitrogens with two attached hydrogens (primary N) is 1. The molecule has 0 bridgehead atoms. The molecule has 0 spiro atoms. The van der Waals surface area contributed by atoms with Crippen molar-refractivity contribution in [1.82, 2.24) is 9.97 Å². The monoisotopic (exact) mass is 263 g/mol. The molecular weight excluding hydrogens is 238 g/mol. The Labute approximate surface area is 115 Å². The van der Waals surface area contributed by atoms with Crippen LogP contribution < -0.4 is 10.5 Å². The molecule has 0 unspecified atom stereocenters. The normalized spacial score (nSPS) is 16.8. The fourth-order valence-electron chi connectivity index (χ4n) is 2.53. The maximum absolute atomic E-state index is 5.90. The molecule has 0 aromatic carbocycles. The van der Waals surface area contributed by atoms with E-state index in [4.69, 9.17) is 10.5 Å². The summed E-state index contributed by atoms with van der Waals surface area (Å²) >= 11 is 0. The van der Waals surface area contributed by atoms with E-state index in [1.165, 1.54) is 32.1 Å². The molecule has 0 radical (unpaired) electrons. The van der Waals surface area contributed by atoms with Gasteiger partial charge in [0.2, 0.25) is 0 Å². The largest absolute Gasteiger partial charge is 0.490 e. The third kappa shape index (κ3) is 3.90. The minimum absolute atomic E-state index is 0.317. The van der Waals surface area contributed by atoms with Gasteiger partial charge in [-0.05, 0) is 18.8 Å². The van der Waals surface area contributed by atoms with Crippen molar-refractivity contribution in [2.45, 2.75) is 58.4 Å². The fraction of sp³-hybridized carbons (Fsp3) is 0.733. The first kappa shape index (κ1) is 14.3. The van der Waals surface area contributed by atoms with Crippen LogP contribution in [0.3, 0.4) is 0 Å². The van der Waals surface area contributed by atoms with Gasteiger partial charge in [-0.1, -0.05) is 33.1 Å². The van der Waals surface area contributed by atoms with E-state index in [-0.39, 0.29) is 0 Å². The number of hydrogen-bond acceptors (Lipinski definition) is 4. The predicted molar refractivity (Wildman–Crippen MR) is 76.1 cm³/mol. The molecule has 2 N–H and O–H groups in total. The van der Waals surface area contributed by atoms with Gasteiger partial charge >= 0.3 is 0 Å². The van der Waals surface area contributed by atoms with E-state index in [0.29, 0.717) is 18.4 Å². The lowest BCUT2D eigenvalue weighted by molar-refractivity contribution is 0.206. The summed E-state index contributed by atoms with van der Waals surface area (Å²) in [5, 5.41) is 0. The van der Waals surface area contributed by atoms with Crippen LogP contribution in [0, 0.1) is 5.92 Å². The second-order valence-electron chi connectivity index (χ2n) is 5.71. The predicted octanol–water partition coefficient (Wildman–Crippen LogP) is 3.02. The lowest BCUT2D eigenvalue weighted by atomic mass is 9.90. The number of hydrogen-bond donors (Lipinski definition) is 1. The number of rotatable bonds is 5. The Morgan fingerprint density at radius 2 is 2.05 bits per heavy atom. The quantitative estimate of drug-likeness (QED) is 0.887. The molecule has 1 aromatic rings. The molecule has 2 rings (SSSR count). The Morgan fingerprint density at radius 1 is 1.32 bits per heavy atom. The van der Waals surface area contributed by atoms with Crippen molar-refractivity contribution in [2.75, 3.05) is 6.61 Å². The van der Waals surface area contributed by atoms with E-state index in [9.17, 15) is 0 Å². The lowest BCUT2D eigenvalue weighted by Crippen LogP contribution is -2.17. The molecule has 106 valence electrons. The molecule has 4 nitrogen and oxygen atoms in total. The number of nitrogens with zero attached hydrogens (tertiary/aromatic N) is 2. The third-order valence-electron chi connectivity index (χ3n) is 3.76. The van der Waals surface area contributed by atoms with Crippen LogP contribution >= 0.6 is 0 Å². The van der Waals surface area contributed by atoms with Crippen LogP contribution in [-0.2, 0) is 6.54 Å². The number of ether oxygens (including phenoxy) is 1. The molecule has 1 heterocycles. The van der Waals surface area contributed by atoms with Crippen molar-refractivity contribution in [2.24, 2.45) is 11.7 Å². The van der Waals surface area contributed by atoms with E-state index in [0.717, 1.165) is 23.9 Å². The van der Waals surface area contributed by atoms with Crippen LogP contribution in [0.2, 0.25) is 0 Å². The van der Waals surface area contributed by atoms with Crippen molar-refractivity contribution in [3.63, 3.8) is 0 Å². The summed E-state index contributed by atoms with van der Waals surface area (Å²) in [6.45, 7) is 5.34. The van der Waals surface area contributed by atoms with Gasteiger partial charge in [-0.3, -0.25) is 0 Å². The van der Waals surface area contributed by atoms with Crippen molar-refractivity contribution < 1.29 is 4.74 Å². The van der Waals surface area contributed by atoms with Gasteiger partial charge in [0.1, 0.15) is 5.82 Å². The highest BCUT2D eigenvalue weighted by Crippen LogP contribution is 2.25. The average molecular weight is 263 g/mol. The molecule has 0 aliphatic heterocycles. The molecule has 1 aliphatic rings. The zero-order chi connectivity index (χ0) is 13.7. The van der Waals surface area contributed by atoms with Crippen LogP contribution in [0.1, 0.15) is 63.4 Å². The van der Waals surface area contributed by atoms with Crippen molar-refractivity contribution >= 4 is 0 Å². The minimum atomic E-state index is 0.317. The summed E-state index contributed by atoms with van der Waals surface area (Å²) in [6, 6.07) is 0. The van der Waals surface area contributed by atoms with Crippen molar-refractivity contribution in [1.29, 1.82) is 0 Å². The van der Waals surface area contributed by atoms with E-state index >= 15 is 0 Å². The molecule has 0 saturated heterocycles. The van der Waals surface area contributed by atoms with Gasteiger partial charge in [0.15, 0.2) is 5.75 Å². The van der Waals surface area contributed by atoms with Gasteiger partial charge in [-0.25, -0.2) is 9.97 Å². The maximum Gasteiger partial charge on any atom is 0.160 e. The molecule has 1 aromatic heterocycles. The minimum Gasteiger partial charge on any atom is -0.490 e. The molecule has 0 amide bonds. The second-order valence-corrected chi connectivity index (χ2v) is 5.71. The first-order chi connectivity index (χ1) is 9.20. The SMILES string of the molecule is CC(C)c1ncc(OCC2CCCCC2)c(CN)n1. The first-order valence-electron chi connectivity index (χ1n) is 7.39. The van der Waals surface area contributed by atoms with E-state index in [2.05, 4.69) is 23.8 Å². The molecule has 1 fully saturated rings. The topological polar surface area (TPSA) is 61.0 Å². The Morgan fingerprint density at radius 3 is 2.68 bits per heavy atom. The lowest BCUT2D eigenvalue weighted by Gasteiger charge is -2.22. The summed E-state index contributed by atoms with van der Waals surface area (Å²) in [5.74, 6) is 2.60. The fourth-order valence-corrected chi connectivity index (χ4v) is 2.53. The Kier molecular flexibility index (Phi) is 5.14. The van der Waals surface area contributed by atoms with Crippen LogP contribution in [0.5, 0.6) is 5.75 Å². The summed E-state index contributed by atoms with van der Waals surface area (Å²) in [5.41, 5.74) is 6.59. The van der Waals surface area contributed by atoms with Crippen LogP contribution in [0.15, 0.2) is 6.20 Å². The van der Waals surface area contributed by atoms with E-state index in [1.54, 1.807) is 6.20 Å². The second kappa shape index (κ2) is 6.85. The molecule has 1 saturated carbocycles. The Hall–Kier alpha value is -1.16. The van der Waals surface area contributed by atoms with Gasteiger partial charge in [-0.15, -0.1) is 0 Å². The summed E-state index contributed by atoms with van der Waals surface area (Å²) in [7, 11) is 0. The Balaban J connectivity index is 1.98. The van der Waals surface area contributed by atoms with Gasteiger partial charge in [-0.2, -0.15) is 0 Å². The van der Waals surface area contributed by atoms with Crippen LogP contribution in [0.25, 0.3) is 0 Å². The summed E-state index contributed by atoms with van der Waals surface area (Å²) < 4.78 is 5.90. The van der Waals surface area contributed by atoms with Crippen molar-refractivity contribution in [3.05, 3.63) is 17.7 Å². The molecule has 4 heteroatoms. The highest BCUT2D eigenvalue weighted by molar-refractivity contribution is 5.25. The molecule has 0 atom stereocenters. The average Bonchev–Trinajstić information content (AvgIpc) is 2.45. The first-order valence-corrected chi connectivity index (χ1v) is 7.39. The van der Waals surface area contributed by atoms with Gasteiger partial charge in [0, 0.05) is 12.5 Å². The third-order valence-corrected chi connectivity index (χ3v) is 3.76. The van der Waals surface area contributed by atoms with Crippen molar-refractivity contribution in [3.8, 4) is 5.75 Å². The summed E-state index contributed by atoms with van der Waals surface area (Å²) in [4.78, 5) is 8.85. The summed E-state index contributed by atoms with van der Waals surface area (Å²) in [6.07, 6.45) is 8.39. The highest BCUT2D eigenvalue weighted by Gasteiger charge is 2.16.